The predicted molar refractivity (Wildman–Crippen MR) is 97.3 cm³/mol. The highest BCUT2D eigenvalue weighted by molar-refractivity contribution is 5.75. The Morgan fingerprint density at radius 2 is 2.00 bits per heavy atom. The summed E-state index contributed by atoms with van der Waals surface area (Å²) in [5.74, 6) is 1.13. The third-order valence-electron chi connectivity index (χ3n) is 4.16. The molecule has 0 unspecified atom stereocenters. The first-order chi connectivity index (χ1) is 12.7. The van der Waals surface area contributed by atoms with Crippen LogP contribution in [0.15, 0.2) is 40.9 Å². The summed E-state index contributed by atoms with van der Waals surface area (Å²) >= 11 is 0. The second-order valence-electron chi connectivity index (χ2n) is 6.19. The number of benzene rings is 1. The van der Waals surface area contributed by atoms with Gasteiger partial charge in [-0.1, -0.05) is 18.2 Å². The molecule has 3 rings (SSSR count). The summed E-state index contributed by atoms with van der Waals surface area (Å²) in [5, 5.41) is 18.0. The van der Waals surface area contributed by atoms with E-state index in [1.807, 2.05) is 43.5 Å². The first kappa shape index (κ1) is 17.8. The number of carbonyl (C=O) groups is 1. The van der Waals surface area contributed by atoms with Gasteiger partial charge in [-0.05, 0) is 43.9 Å². The SMILES string of the molecule is Cc1[nH]ncc1CCCNC(=O)CCCc1nnc(-c2ccccc2)o1. The van der Waals surface area contributed by atoms with Crippen molar-refractivity contribution in [3.05, 3.63) is 53.7 Å². The normalized spacial score (nSPS) is 10.8. The van der Waals surface area contributed by atoms with E-state index in [2.05, 4.69) is 25.7 Å². The molecule has 0 fully saturated rings. The van der Waals surface area contributed by atoms with E-state index in [9.17, 15) is 4.79 Å². The summed E-state index contributed by atoms with van der Waals surface area (Å²) in [7, 11) is 0. The van der Waals surface area contributed by atoms with Crippen molar-refractivity contribution >= 4 is 5.91 Å². The molecule has 1 aromatic carbocycles. The quantitative estimate of drug-likeness (QED) is 0.577. The van der Waals surface area contributed by atoms with Crippen LogP contribution in [0.5, 0.6) is 0 Å². The fourth-order valence-electron chi connectivity index (χ4n) is 2.67. The molecular weight excluding hydrogens is 330 g/mol. The maximum Gasteiger partial charge on any atom is 0.247 e. The van der Waals surface area contributed by atoms with E-state index in [4.69, 9.17) is 4.42 Å². The Bertz CT molecular complexity index is 825. The summed E-state index contributed by atoms with van der Waals surface area (Å²) < 4.78 is 5.64. The first-order valence-electron chi connectivity index (χ1n) is 8.85. The van der Waals surface area contributed by atoms with Crippen LogP contribution in [0.25, 0.3) is 11.5 Å². The van der Waals surface area contributed by atoms with Gasteiger partial charge in [-0.15, -0.1) is 10.2 Å². The molecule has 7 nitrogen and oxygen atoms in total. The number of H-pyrrole nitrogens is 1. The maximum absolute atomic E-state index is 11.9. The van der Waals surface area contributed by atoms with Crippen molar-refractivity contribution in [3.63, 3.8) is 0 Å². The number of rotatable bonds is 9. The highest BCUT2D eigenvalue weighted by atomic mass is 16.4. The largest absolute Gasteiger partial charge is 0.421 e. The molecule has 0 radical (unpaired) electrons. The maximum atomic E-state index is 11.9. The molecule has 7 heteroatoms. The Hall–Kier alpha value is -2.96. The fourth-order valence-corrected chi connectivity index (χ4v) is 2.67. The zero-order valence-corrected chi connectivity index (χ0v) is 14.9. The Labute approximate surface area is 152 Å². The molecule has 26 heavy (non-hydrogen) atoms. The Morgan fingerprint density at radius 3 is 2.77 bits per heavy atom. The van der Waals surface area contributed by atoms with Gasteiger partial charge >= 0.3 is 0 Å². The molecule has 0 atom stereocenters. The molecular formula is C19H23N5O2. The third kappa shape index (κ3) is 5.02. The minimum atomic E-state index is 0.0525. The molecule has 2 aromatic heterocycles. The molecule has 0 bridgehead atoms. The van der Waals surface area contributed by atoms with E-state index >= 15 is 0 Å². The number of aromatic nitrogens is 4. The minimum Gasteiger partial charge on any atom is -0.421 e. The van der Waals surface area contributed by atoms with Crippen LogP contribution < -0.4 is 5.32 Å². The van der Waals surface area contributed by atoms with E-state index in [-0.39, 0.29) is 5.91 Å². The predicted octanol–water partition coefficient (Wildman–Crippen LogP) is 2.84. The summed E-state index contributed by atoms with van der Waals surface area (Å²) in [6.07, 6.45) is 5.38. The highest BCUT2D eigenvalue weighted by Crippen LogP contribution is 2.17. The van der Waals surface area contributed by atoms with Crippen molar-refractivity contribution < 1.29 is 9.21 Å². The van der Waals surface area contributed by atoms with E-state index in [1.165, 1.54) is 5.56 Å². The van der Waals surface area contributed by atoms with Gasteiger partial charge in [-0.3, -0.25) is 9.89 Å². The molecule has 2 heterocycles. The molecule has 0 saturated heterocycles. The molecule has 136 valence electrons. The van der Waals surface area contributed by atoms with Gasteiger partial charge in [0.25, 0.3) is 0 Å². The van der Waals surface area contributed by atoms with Crippen molar-refractivity contribution in [3.8, 4) is 11.5 Å². The van der Waals surface area contributed by atoms with Gasteiger partial charge in [0.1, 0.15) is 0 Å². The van der Waals surface area contributed by atoms with Crippen molar-refractivity contribution in [2.45, 2.75) is 39.0 Å². The number of nitrogens with zero attached hydrogens (tertiary/aromatic N) is 3. The topological polar surface area (TPSA) is 96.7 Å². The Morgan fingerprint density at radius 1 is 1.15 bits per heavy atom. The molecule has 0 aliphatic rings. The van der Waals surface area contributed by atoms with E-state index in [0.29, 0.717) is 37.6 Å². The number of hydrogen-bond donors (Lipinski definition) is 2. The molecule has 3 aromatic rings. The van der Waals surface area contributed by atoms with Gasteiger partial charge in [0.15, 0.2) is 0 Å². The molecule has 0 aliphatic heterocycles. The number of carbonyl (C=O) groups excluding carboxylic acids is 1. The van der Waals surface area contributed by atoms with Crippen LogP contribution in [0.1, 0.15) is 36.4 Å². The third-order valence-corrected chi connectivity index (χ3v) is 4.16. The van der Waals surface area contributed by atoms with Crippen LogP contribution in [0.3, 0.4) is 0 Å². The van der Waals surface area contributed by atoms with Crippen molar-refractivity contribution in [1.29, 1.82) is 0 Å². The second kappa shape index (κ2) is 8.94. The summed E-state index contributed by atoms with van der Waals surface area (Å²) in [6, 6.07) is 9.65. The summed E-state index contributed by atoms with van der Waals surface area (Å²) in [4.78, 5) is 11.9. The molecule has 0 saturated carbocycles. The lowest BCUT2D eigenvalue weighted by molar-refractivity contribution is -0.121. The first-order valence-corrected chi connectivity index (χ1v) is 8.85. The van der Waals surface area contributed by atoms with Gasteiger partial charge in [-0.2, -0.15) is 5.10 Å². The van der Waals surface area contributed by atoms with Gasteiger partial charge < -0.3 is 9.73 Å². The van der Waals surface area contributed by atoms with Crippen LogP contribution in [-0.2, 0) is 17.6 Å². The lowest BCUT2D eigenvalue weighted by atomic mass is 10.1. The van der Waals surface area contributed by atoms with E-state index in [1.54, 1.807) is 0 Å². The average molecular weight is 353 g/mol. The van der Waals surface area contributed by atoms with Crippen molar-refractivity contribution in [2.24, 2.45) is 0 Å². The minimum absolute atomic E-state index is 0.0525. The van der Waals surface area contributed by atoms with Crippen LogP contribution in [-0.4, -0.2) is 32.8 Å². The Balaban J connectivity index is 1.33. The number of aromatic amines is 1. The van der Waals surface area contributed by atoms with Gasteiger partial charge in [-0.25, -0.2) is 0 Å². The fraction of sp³-hybridized carbons (Fsp3) is 0.368. The number of aryl methyl sites for hydroxylation is 3. The monoisotopic (exact) mass is 353 g/mol. The lowest BCUT2D eigenvalue weighted by Crippen LogP contribution is -2.24. The average Bonchev–Trinajstić information content (AvgIpc) is 3.29. The lowest BCUT2D eigenvalue weighted by Gasteiger charge is -2.04. The zero-order chi connectivity index (χ0) is 18.2. The van der Waals surface area contributed by atoms with Gasteiger partial charge in [0, 0.05) is 30.6 Å². The molecule has 0 spiro atoms. The molecule has 0 aliphatic carbocycles. The van der Waals surface area contributed by atoms with Crippen LogP contribution in [0, 0.1) is 6.92 Å². The zero-order valence-electron chi connectivity index (χ0n) is 14.9. The second-order valence-corrected chi connectivity index (χ2v) is 6.19. The molecule has 1 amide bonds. The van der Waals surface area contributed by atoms with Crippen LogP contribution >= 0.6 is 0 Å². The number of hydrogen-bond acceptors (Lipinski definition) is 5. The van der Waals surface area contributed by atoms with E-state index < -0.39 is 0 Å². The summed E-state index contributed by atoms with van der Waals surface area (Å²) in [6.45, 7) is 2.67. The van der Waals surface area contributed by atoms with Crippen molar-refractivity contribution in [2.75, 3.05) is 6.54 Å². The van der Waals surface area contributed by atoms with Gasteiger partial charge in [0.05, 0.1) is 6.20 Å². The van der Waals surface area contributed by atoms with Crippen LogP contribution in [0.2, 0.25) is 0 Å². The highest BCUT2D eigenvalue weighted by Gasteiger charge is 2.09. The standard InChI is InChI=1S/C19H23N5O2/c1-14-16(13-21-22-14)9-6-12-20-17(25)10-5-11-18-23-24-19(26-18)15-7-3-2-4-8-15/h2-4,7-8,13H,5-6,9-12H2,1H3,(H,20,25)(H,21,22). The number of amides is 1. The van der Waals surface area contributed by atoms with E-state index in [0.717, 1.165) is 24.1 Å². The number of nitrogens with one attached hydrogen (secondary N) is 2. The smallest absolute Gasteiger partial charge is 0.247 e. The summed E-state index contributed by atoms with van der Waals surface area (Å²) in [5.41, 5.74) is 3.19. The molecule has 2 N–H and O–H groups in total. The Kier molecular flexibility index (Phi) is 6.14. The van der Waals surface area contributed by atoms with Crippen LogP contribution in [0.4, 0.5) is 0 Å². The van der Waals surface area contributed by atoms with Gasteiger partial charge in [0.2, 0.25) is 17.7 Å². The van der Waals surface area contributed by atoms with Crippen molar-refractivity contribution in [1.82, 2.24) is 25.7 Å².